The zero-order valence-corrected chi connectivity index (χ0v) is 10.5. The minimum Gasteiger partial charge on any atom is -0.398 e. The topological polar surface area (TPSA) is 80.5 Å². The van der Waals surface area contributed by atoms with E-state index in [1.807, 2.05) is 0 Å². The van der Waals surface area contributed by atoms with Crippen LogP contribution in [0.5, 0.6) is 0 Å². The molecule has 5 nitrogen and oxygen atoms in total. The van der Waals surface area contributed by atoms with Crippen molar-refractivity contribution in [3.8, 4) is 0 Å². The van der Waals surface area contributed by atoms with E-state index in [0.717, 1.165) is 4.31 Å². The molecule has 0 unspecified atom stereocenters. The fourth-order valence-corrected chi connectivity index (χ4v) is 3.25. The maximum Gasteiger partial charge on any atom is 0.259 e. The second-order valence-electron chi connectivity index (χ2n) is 4.53. The number of amides is 1. The molecule has 1 aromatic carbocycles. The molecule has 2 rings (SSSR count). The van der Waals surface area contributed by atoms with Crippen molar-refractivity contribution in [1.29, 1.82) is 0 Å². The maximum absolute atomic E-state index is 11.9. The third-order valence-corrected chi connectivity index (χ3v) is 5.39. The van der Waals surface area contributed by atoms with Crippen LogP contribution in [0.2, 0.25) is 0 Å². The Bertz CT molecular complexity index is 578. The summed E-state index contributed by atoms with van der Waals surface area (Å²) < 4.78 is 23.3. The first-order chi connectivity index (χ1) is 7.78. The zero-order valence-electron chi connectivity index (χ0n) is 9.67. The molecule has 1 amide bonds. The molecule has 1 fully saturated rings. The number of nitrogen functional groups attached to an aromatic ring is 1. The van der Waals surface area contributed by atoms with Gasteiger partial charge in [-0.3, -0.25) is 4.79 Å². The first kappa shape index (κ1) is 11.9. The number of sulfonamides is 1. The van der Waals surface area contributed by atoms with Gasteiger partial charge >= 0.3 is 0 Å². The molecule has 0 saturated carbocycles. The van der Waals surface area contributed by atoms with E-state index in [-0.39, 0.29) is 12.5 Å². The number of para-hydroxylation sites is 1. The van der Waals surface area contributed by atoms with Crippen molar-refractivity contribution in [2.45, 2.75) is 25.1 Å². The molecular weight excluding hydrogens is 240 g/mol. The molecule has 1 aliphatic heterocycles. The van der Waals surface area contributed by atoms with Gasteiger partial charge in [-0.25, -0.2) is 12.7 Å². The number of hydrogen-bond donors (Lipinski definition) is 1. The van der Waals surface area contributed by atoms with Crippen LogP contribution in [0.15, 0.2) is 24.3 Å². The summed E-state index contributed by atoms with van der Waals surface area (Å²) in [5.74, 6) is -0.388. The van der Waals surface area contributed by atoms with Crippen LogP contribution >= 0.6 is 0 Å². The SMILES string of the molecule is CC1(C)C(=O)N(Cc2ccccc2N)S1(=O)=O. The van der Waals surface area contributed by atoms with Crippen LogP contribution < -0.4 is 5.73 Å². The summed E-state index contributed by atoms with van der Waals surface area (Å²) in [6.45, 7) is 2.84. The normalized spacial score (nSPS) is 21.1. The van der Waals surface area contributed by atoms with E-state index >= 15 is 0 Å². The van der Waals surface area contributed by atoms with E-state index < -0.39 is 14.8 Å². The molecule has 1 aliphatic rings. The lowest BCUT2D eigenvalue weighted by Crippen LogP contribution is -2.66. The van der Waals surface area contributed by atoms with Crippen LogP contribution in [-0.2, 0) is 21.4 Å². The Morgan fingerprint density at radius 1 is 1.29 bits per heavy atom. The molecule has 0 aromatic heterocycles. The standard InChI is InChI=1S/C11H14N2O3S/c1-11(2)10(14)13(17(11,15)16)7-8-5-3-4-6-9(8)12/h3-6H,7,12H2,1-2H3. The Morgan fingerprint density at radius 3 is 2.41 bits per heavy atom. The third-order valence-electron chi connectivity index (χ3n) is 3.05. The molecule has 1 aromatic rings. The molecule has 0 aliphatic carbocycles. The molecule has 6 heteroatoms. The van der Waals surface area contributed by atoms with E-state index in [4.69, 9.17) is 5.73 Å². The number of nitrogens with two attached hydrogens (primary N) is 1. The van der Waals surface area contributed by atoms with Gasteiger partial charge in [0.1, 0.15) is 0 Å². The van der Waals surface area contributed by atoms with E-state index in [0.29, 0.717) is 11.3 Å². The van der Waals surface area contributed by atoms with E-state index in [1.54, 1.807) is 24.3 Å². The van der Waals surface area contributed by atoms with Gasteiger partial charge in [-0.15, -0.1) is 0 Å². The monoisotopic (exact) mass is 254 g/mol. The summed E-state index contributed by atoms with van der Waals surface area (Å²) in [5.41, 5.74) is 6.84. The first-order valence-electron chi connectivity index (χ1n) is 5.18. The molecule has 0 spiro atoms. The molecular formula is C11H14N2O3S. The second-order valence-corrected chi connectivity index (χ2v) is 6.94. The third kappa shape index (κ3) is 1.51. The Labute approximate surface area is 100 Å². The highest BCUT2D eigenvalue weighted by Crippen LogP contribution is 2.36. The smallest absolute Gasteiger partial charge is 0.259 e. The molecule has 1 heterocycles. The van der Waals surface area contributed by atoms with Crippen molar-refractivity contribution < 1.29 is 13.2 Å². The maximum atomic E-state index is 11.9. The zero-order chi connectivity index (χ0) is 12.8. The van der Waals surface area contributed by atoms with E-state index in [2.05, 4.69) is 0 Å². The Kier molecular flexibility index (Phi) is 2.43. The average Bonchev–Trinajstić information content (AvgIpc) is 2.26. The van der Waals surface area contributed by atoms with Crippen LogP contribution in [0, 0.1) is 0 Å². The quantitative estimate of drug-likeness (QED) is 0.788. The highest BCUT2D eigenvalue weighted by atomic mass is 32.2. The summed E-state index contributed by atoms with van der Waals surface area (Å²) in [5, 5.41) is 0. The van der Waals surface area contributed by atoms with Crippen molar-refractivity contribution in [2.75, 3.05) is 5.73 Å². The predicted molar refractivity (Wildman–Crippen MR) is 64.4 cm³/mol. The summed E-state index contributed by atoms with van der Waals surface area (Å²) in [7, 11) is -3.54. The van der Waals surface area contributed by atoms with Gasteiger partial charge in [-0.1, -0.05) is 18.2 Å². The lowest BCUT2D eigenvalue weighted by atomic mass is 10.1. The number of hydrogen-bond acceptors (Lipinski definition) is 4. The van der Waals surface area contributed by atoms with Gasteiger partial charge in [0, 0.05) is 5.69 Å². The van der Waals surface area contributed by atoms with Crippen LogP contribution in [0.4, 0.5) is 5.69 Å². The van der Waals surface area contributed by atoms with Gasteiger partial charge in [-0.05, 0) is 25.5 Å². The molecule has 0 bridgehead atoms. The Morgan fingerprint density at radius 2 is 1.88 bits per heavy atom. The number of benzene rings is 1. The fraction of sp³-hybridized carbons (Fsp3) is 0.364. The highest BCUT2D eigenvalue weighted by Gasteiger charge is 2.59. The Hall–Kier alpha value is -1.56. The summed E-state index contributed by atoms with van der Waals surface area (Å²) in [4.78, 5) is 11.7. The summed E-state index contributed by atoms with van der Waals surface area (Å²) in [6.07, 6.45) is 0. The fourth-order valence-electron chi connectivity index (χ4n) is 1.75. The number of rotatable bonds is 2. The summed E-state index contributed by atoms with van der Waals surface area (Å²) >= 11 is 0. The highest BCUT2D eigenvalue weighted by molar-refractivity contribution is 7.94. The first-order valence-corrected chi connectivity index (χ1v) is 6.62. The van der Waals surface area contributed by atoms with Gasteiger partial charge < -0.3 is 5.73 Å². The Balaban J connectivity index is 2.29. The number of anilines is 1. The van der Waals surface area contributed by atoms with E-state index in [1.165, 1.54) is 13.8 Å². The summed E-state index contributed by atoms with van der Waals surface area (Å²) in [6, 6.07) is 6.91. The van der Waals surface area contributed by atoms with Crippen LogP contribution in [0.1, 0.15) is 19.4 Å². The molecule has 92 valence electrons. The minimum absolute atomic E-state index is 0.0112. The lowest BCUT2D eigenvalue weighted by molar-refractivity contribution is -0.132. The molecule has 2 N–H and O–H groups in total. The van der Waals surface area contributed by atoms with Crippen LogP contribution in [-0.4, -0.2) is 23.4 Å². The van der Waals surface area contributed by atoms with Crippen molar-refractivity contribution in [3.63, 3.8) is 0 Å². The van der Waals surface area contributed by atoms with Gasteiger partial charge in [0.2, 0.25) is 0 Å². The van der Waals surface area contributed by atoms with Gasteiger partial charge in [0.15, 0.2) is 4.75 Å². The number of carbonyl (C=O) groups excluding carboxylic acids is 1. The van der Waals surface area contributed by atoms with Crippen molar-refractivity contribution in [3.05, 3.63) is 29.8 Å². The van der Waals surface area contributed by atoms with Gasteiger partial charge in [-0.2, -0.15) is 0 Å². The van der Waals surface area contributed by atoms with Crippen LogP contribution in [0.3, 0.4) is 0 Å². The minimum atomic E-state index is -3.54. The average molecular weight is 254 g/mol. The van der Waals surface area contributed by atoms with E-state index in [9.17, 15) is 13.2 Å². The number of nitrogens with zero attached hydrogens (tertiary/aromatic N) is 1. The van der Waals surface area contributed by atoms with Crippen molar-refractivity contribution in [2.24, 2.45) is 0 Å². The molecule has 1 saturated heterocycles. The molecule has 0 radical (unpaired) electrons. The van der Waals surface area contributed by atoms with Crippen molar-refractivity contribution in [1.82, 2.24) is 4.31 Å². The lowest BCUT2D eigenvalue weighted by Gasteiger charge is -2.43. The molecule has 17 heavy (non-hydrogen) atoms. The van der Waals surface area contributed by atoms with Crippen molar-refractivity contribution >= 4 is 21.6 Å². The van der Waals surface area contributed by atoms with Gasteiger partial charge in [0.25, 0.3) is 15.9 Å². The number of carbonyl (C=O) groups is 1. The largest absolute Gasteiger partial charge is 0.398 e. The van der Waals surface area contributed by atoms with Crippen LogP contribution in [0.25, 0.3) is 0 Å². The van der Waals surface area contributed by atoms with Gasteiger partial charge in [0.05, 0.1) is 6.54 Å². The predicted octanol–water partition coefficient (Wildman–Crippen LogP) is 0.719. The molecule has 0 atom stereocenters. The second kappa shape index (κ2) is 3.46.